The number of esters is 1. The van der Waals surface area contributed by atoms with Crippen molar-refractivity contribution >= 4 is 27.5 Å². The van der Waals surface area contributed by atoms with E-state index in [9.17, 15) is 4.79 Å². The highest BCUT2D eigenvalue weighted by Gasteiger charge is 2.12. The molecule has 4 heteroatoms. The van der Waals surface area contributed by atoms with Crippen LogP contribution in [0.25, 0.3) is 5.57 Å². The molecule has 0 aliphatic heterocycles. The lowest BCUT2D eigenvalue weighted by Gasteiger charge is -2.05. The Balaban J connectivity index is 3.02. The van der Waals surface area contributed by atoms with Crippen LogP contribution < -0.4 is 0 Å². The quantitative estimate of drug-likeness (QED) is 0.369. The molecule has 0 heterocycles. The normalized spacial score (nSPS) is 11.1. The van der Waals surface area contributed by atoms with E-state index in [0.717, 1.165) is 16.5 Å². The van der Waals surface area contributed by atoms with Crippen molar-refractivity contribution in [2.24, 2.45) is 0 Å². The van der Waals surface area contributed by atoms with Crippen LogP contribution in [0.15, 0.2) is 30.5 Å². The Labute approximate surface area is 103 Å². The van der Waals surface area contributed by atoms with E-state index in [2.05, 4.69) is 20.7 Å². The van der Waals surface area contributed by atoms with Crippen molar-refractivity contribution in [1.82, 2.24) is 0 Å². The molecule has 0 atom stereocenters. The lowest BCUT2D eigenvalue weighted by Crippen LogP contribution is -2.04. The maximum atomic E-state index is 11.5. The molecule has 0 aromatic heterocycles. The number of carbonyl (C=O) groups excluding carboxylic acids is 1. The van der Waals surface area contributed by atoms with Crippen LogP contribution in [0.5, 0.6) is 0 Å². The van der Waals surface area contributed by atoms with Crippen LogP contribution >= 0.6 is 15.9 Å². The molecule has 0 amide bonds. The molecule has 0 fully saturated rings. The van der Waals surface area contributed by atoms with E-state index < -0.39 is 5.97 Å². The minimum atomic E-state index is -0.409. The molecule has 1 rings (SSSR count). The summed E-state index contributed by atoms with van der Waals surface area (Å²) in [6, 6.07) is 7.60. The number of ether oxygens (including phenoxy) is 2. The van der Waals surface area contributed by atoms with Gasteiger partial charge in [0.25, 0.3) is 0 Å². The fourth-order valence-corrected chi connectivity index (χ4v) is 1.61. The first kappa shape index (κ1) is 12.8. The van der Waals surface area contributed by atoms with Crippen LogP contribution in [0, 0.1) is 0 Å². The number of benzene rings is 1. The van der Waals surface area contributed by atoms with Gasteiger partial charge >= 0.3 is 5.97 Å². The standard InChI is InChI=1S/C12H13BrO3/c1-15-8-11(12(14)16-2)10-5-3-9(7-13)4-6-10/h3-6,8H,7H2,1-2H3/b11-8-. The zero-order valence-electron chi connectivity index (χ0n) is 9.20. The van der Waals surface area contributed by atoms with Crippen LogP contribution in [0.3, 0.4) is 0 Å². The molecule has 1 aromatic rings. The largest absolute Gasteiger partial charge is 0.503 e. The van der Waals surface area contributed by atoms with Gasteiger partial charge in [-0.3, -0.25) is 0 Å². The maximum Gasteiger partial charge on any atom is 0.341 e. The smallest absolute Gasteiger partial charge is 0.341 e. The zero-order chi connectivity index (χ0) is 12.0. The number of methoxy groups -OCH3 is 2. The lowest BCUT2D eigenvalue weighted by atomic mass is 10.1. The van der Waals surface area contributed by atoms with Crippen molar-refractivity contribution in [3.63, 3.8) is 0 Å². The predicted octanol–water partition coefficient (Wildman–Crippen LogP) is 2.74. The number of rotatable bonds is 4. The van der Waals surface area contributed by atoms with Gasteiger partial charge in [0.05, 0.1) is 20.5 Å². The molecular weight excluding hydrogens is 272 g/mol. The molecule has 0 saturated carbocycles. The summed E-state index contributed by atoms with van der Waals surface area (Å²) in [6.07, 6.45) is 1.38. The Morgan fingerprint density at radius 3 is 2.38 bits per heavy atom. The second-order valence-corrected chi connectivity index (χ2v) is 3.65. The summed E-state index contributed by atoms with van der Waals surface area (Å²) in [4.78, 5) is 11.5. The Kier molecular flexibility index (Phi) is 5.05. The molecule has 0 unspecified atom stereocenters. The summed E-state index contributed by atoms with van der Waals surface area (Å²) in [5.74, 6) is -0.409. The van der Waals surface area contributed by atoms with Crippen LogP contribution in [0.2, 0.25) is 0 Å². The van der Waals surface area contributed by atoms with Gasteiger partial charge < -0.3 is 9.47 Å². The number of halogens is 1. The van der Waals surface area contributed by atoms with E-state index in [-0.39, 0.29) is 0 Å². The highest BCUT2D eigenvalue weighted by molar-refractivity contribution is 9.08. The van der Waals surface area contributed by atoms with Gasteiger partial charge in [0.15, 0.2) is 0 Å². The Hall–Kier alpha value is -1.29. The van der Waals surface area contributed by atoms with Crippen LogP contribution in [0.1, 0.15) is 11.1 Å². The van der Waals surface area contributed by atoms with E-state index in [1.165, 1.54) is 20.5 Å². The molecule has 16 heavy (non-hydrogen) atoms. The molecule has 0 saturated heterocycles. The summed E-state index contributed by atoms with van der Waals surface area (Å²) in [5, 5.41) is 0.787. The van der Waals surface area contributed by atoms with Crippen LogP contribution in [-0.2, 0) is 19.6 Å². The number of hydrogen-bond donors (Lipinski definition) is 0. The van der Waals surface area contributed by atoms with E-state index in [1.807, 2.05) is 24.3 Å². The fourth-order valence-electron chi connectivity index (χ4n) is 1.24. The lowest BCUT2D eigenvalue weighted by molar-refractivity contribution is -0.133. The number of alkyl halides is 1. The van der Waals surface area contributed by atoms with Gasteiger partial charge in [0.1, 0.15) is 5.57 Å². The number of hydrogen-bond acceptors (Lipinski definition) is 3. The maximum absolute atomic E-state index is 11.5. The summed E-state index contributed by atoms with van der Waals surface area (Å²) < 4.78 is 9.55. The van der Waals surface area contributed by atoms with E-state index in [0.29, 0.717) is 5.57 Å². The summed E-state index contributed by atoms with van der Waals surface area (Å²) in [5.41, 5.74) is 2.33. The average molecular weight is 285 g/mol. The summed E-state index contributed by atoms with van der Waals surface area (Å²) >= 11 is 3.36. The average Bonchev–Trinajstić information content (AvgIpc) is 2.35. The van der Waals surface area contributed by atoms with Crippen molar-refractivity contribution in [2.45, 2.75) is 5.33 Å². The van der Waals surface area contributed by atoms with Crippen molar-refractivity contribution < 1.29 is 14.3 Å². The third-order valence-electron chi connectivity index (χ3n) is 2.06. The van der Waals surface area contributed by atoms with Gasteiger partial charge in [-0.15, -0.1) is 0 Å². The van der Waals surface area contributed by atoms with E-state index >= 15 is 0 Å². The molecule has 0 bridgehead atoms. The molecule has 0 aliphatic carbocycles. The fraction of sp³-hybridized carbons (Fsp3) is 0.250. The highest BCUT2D eigenvalue weighted by Crippen LogP contribution is 2.17. The molecule has 1 aromatic carbocycles. The first-order valence-corrected chi connectivity index (χ1v) is 5.81. The summed E-state index contributed by atoms with van der Waals surface area (Å²) in [7, 11) is 2.84. The first-order valence-electron chi connectivity index (χ1n) is 4.69. The van der Waals surface area contributed by atoms with Crippen LogP contribution in [-0.4, -0.2) is 20.2 Å². The zero-order valence-corrected chi connectivity index (χ0v) is 10.8. The first-order chi connectivity index (χ1) is 7.72. The van der Waals surface area contributed by atoms with Crippen LogP contribution in [0.4, 0.5) is 0 Å². The molecule has 0 spiro atoms. The Morgan fingerprint density at radius 2 is 1.94 bits per heavy atom. The minimum Gasteiger partial charge on any atom is -0.503 e. The van der Waals surface area contributed by atoms with Gasteiger partial charge in [0, 0.05) is 5.33 Å². The van der Waals surface area contributed by atoms with Gasteiger partial charge in [0.2, 0.25) is 0 Å². The third-order valence-corrected chi connectivity index (χ3v) is 2.71. The number of carbonyl (C=O) groups is 1. The molecule has 86 valence electrons. The van der Waals surface area contributed by atoms with Gasteiger partial charge in [-0.25, -0.2) is 4.79 Å². The van der Waals surface area contributed by atoms with Gasteiger partial charge in [-0.05, 0) is 11.1 Å². The van der Waals surface area contributed by atoms with Gasteiger partial charge in [-0.1, -0.05) is 40.2 Å². The van der Waals surface area contributed by atoms with Crippen molar-refractivity contribution in [2.75, 3.05) is 14.2 Å². The van der Waals surface area contributed by atoms with E-state index in [4.69, 9.17) is 4.74 Å². The second-order valence-electron chi connectivity index (χ2n) is 3.09. The van der Waals surface area contributed by atoms with E-state index in [1.54, 1.807) is 0 Å². The highest BCUT2D eigenvalue weighted by atomic mass is 79.9. The van der Waals surface area contributed by atoms with Crippen molar-refractivity contribution in [1.29, 1.82) is 0 Å². The SMILES string of the molecule is CO/C=C(\C(=O)OC)c1ccc(CBr)cc1. The minimum absolute atomic E-state index is 0.408. The third kappa shape index (κ3) is 3.10. The molecule has 0 aliphatic rings. The Morgan fingerprint density at radius 1 is 1.31 bits per heavy atom. The molecule has 3 nitrogen and oxygen atoms in total. The van der Waals surface area contributed by atoms with Gasteiger partial charge in [-0.2, -0.15) is 0 Å². The molecule has 0 radical (unpaired) electrons. The van der Waals surface area contributed by atoms with Crippen molar-refractivity contribution in [3.05, 3.63) is 41.7 Å². The second kappa shape index (κ2) is 6.33. The predicted molar refractivity (Wildman–Crippen MR) is 66.1 cm³/mol. The topological polar surface area (TPSA) is 35.5 Å². The molecule has 0 N–H and O–H groups in total. The van der Waals surface area contributed by atoms with Crippen molar-refractivity contribution in [3.8, 4) is 0 Å². The monoisotopic (exact) mass is 284 g/mol. The Bertz CT molecular complexity index is 382. The summed E-state index contributed by atoms with van der Waals surface area (Å²) in [6.45, 7) is 0. The molecular formula is C12H13BrO3.